The van der Waals surface area contributed by atoms with E-state index in [0.29, 0.717) is 42.5 Å². The van der Waals surface area contributed by atoms with E-state index in [-0.39, 0.29) is 34.4 Å². The van der Waals surface area contributed by atoms with Crippen molar-refractivity contribution in [3.63, 3.8) is 0 Å². The highest BCUT2D eigenvalue weighted by Crippen LogP contribution is 2.33. The van der Waals surface area contributed by atoms with E-state index < -0.39 is 23.4 Å². The van der Waals surface area contributed by atoms with Crippen molar-refractivity contribution >= 4 is 35.1 Å². The Morgan fingerprint density at radius 3 is 2.50 bits per heavy atom. The lowest BCUT2D eigenvalue weighted by Gasteiger charge is -2.17. The fourth-order valence-corrected chi connectivity index (χ4v) is 3.83. The van der Waals surface area contributed by atoms with Crippen molar-refractivity contribution in [3.8, 4) is 0 Å². The molecule has 202 valence electrons. The van der Waals surface area contributed by atoms with Crippen molar-refractivity contribution in [2.75, 3.05) is 34.9 Å². The van der Waals surface area contributed by atoms with Crippen molar-refractivity contribution in [2.24, 2.45) is 0 Å². The first-order chi connectivity index (χ1) is 17.9. The zero-order valence-corrected chi connectivity index (χ0v) is 20.8. The number of alkyl halides is 3. The van der Waals surface area contributed by atoms with Crippen LogP contribution in [0.15, 0.2) is 36.7 Å². The Hall–Kier alpha value is -4.29. The number of hydrogen-bond donors (Lipinski definition) is 4. The Morgan fingerprint density at radius 2 is 1.89 bits per heavy atom. The van der Waals surface area contributed by atoms with Crippen LogP contribution in [0.5, 0.6) is 0 Å². The predicted molar refractivity (Wildman–Crippen MR) is 136 cm³/mol. The molecule has 0 bridgehead atoms. The number of anilines is 4. The molecule has 8 nitrogen and oxygen atoms in total. The summed E-state index contributed by atoms with van der Waals surface area (Å²) in [5.74, 6) is -0.708. The largest absolute Gasteiger partial charge is 0.416 e. The second kappa shape index (κ2) is 11.4. The fourth-order valence-electron chi connectivity index (χ4n) is 3.83. The number of carbonyl (C=O) groups is 1. The molecule has 38 heavy (non-hydrogen) atoms. The third kappa shape index (κ3) is 5.98. The number of aromatic nitrogens is 2. The molecule has 1 aliphatic heterocycles. The van der Waals surface area contributed by atoms with E-state index in [1.165, 1.54) is 24.3 Å². The van der Waals surface area contributed by atoms with Gasteiger partial charge in [-0.05, 0) is 50.6 Å². The van der Waals surface area contributed by atoms with Gasteiger partial charge in [-0.1, -0.05) is 0 Å². The minimum atomic E-state index is -4.43. The second-order valence-corrected chi connectivity index (χ2v) is 8.57. The maximum Gasteiger partial charge on any atom is 0.416 e. The first-order valence-corrected chi connectivity index (χ1v) is 11.4. The van der Waals surface area contributed by atoms with E-state index in [4.69, 9.17) is 11.1 Å². The quantitative estimate of drug-likeness (QED) is 0.204. The van der Waals surface area contributed by atoms with Crippen molar-refractivity contribution in [1.82, 2.24) is 9.97 Å². The van der Waals surface area contributed by atoms with Crippen LogP contribution in [0.3, 0.4) is 0 Å². The van der Waals surface area contributed by atoms with Crippen molar-refractivity contribution in [3.05, 3.63) is 70.5 Å². The van der Waals surface area contributed by atoms with Crippen LogP contribution in [0.4, 0.5) is 45.0 Å². The molecule has 0 unspecified atom stereocenters. The zero-order chi connectivity index (χ0) is 28.2. The molecule has 0 fully saturated rings. The van der Waals surface area contributed by atoms with E-state index >= 15 is 0 Å². The van der Waals surface area contributed by atoms with E-state index in [0.717, 1.165) is 12.1 Å². The Morgan fingerprint density at radius 1 is 1.18 bits per heavy atom. The van der Waals surface area contributed by atoms with Crippen molar-refractivity contribution in [2.45, 2.75) is 32.5 Å². The average molecular weight is 536 g/mol. The number of hydrogen-bond acceptors (Lipinski definition) is 7. The predicted octanol–water partition coefficient (Wildman–Crippen LogP) is 4.84. The molecule has 0 atom stereocenters. The van der Waals surface area contributed by atoms with Gasteiger partial charge < -0.3 is 21.3 Å². The van der Waals surface area contributed by atoms with Gasteiger partial charge in [0, 0.05) is 36.4 Å². The Kier molecular flexibility index (Phi) is 8.49. The molecule has 1 aliphatic rings. The molecule has 13 heteroatoms. The summed E-state index contributed by atoms with van der Waals surface area (Å²) >= 11 is 0. The number of nitrogens with zero attached hydrogens (tertiary/aromatic N) is 3. The lowest BCUT2D eigenvalue weighted by atomic mass is 9.98. The fraction of sp³-hybridized carbons (Fsp3) is 0.280. The van der Waals surface area contributed by atoms with E-state index in [1.807, 2.05) is 13.8 Å². The third-order valence-corrected chi connectivity index (χ3v) is 5.64. The van der Waals surface area contributed by atoms with Crippen LogP contribution in [-0.2, 0) is 17.4 Å². The second-order valence-electron chi connectivity index (χ2n) is 8.57. The summed E-state index contributed by atoms with van der Waals surface area (Å²) in [7, 11) is 1.36. The monoisotopic (exact) mass is 535 g/mol. The normalized spacial score (nSPS) is 12.5. The van der Waals surface area contributed by atoms with E-state index in [1.54, 1.807) is 6.07 Å². The summed E-state index contributed by atoms with van der Waals surface area (Å²) in [6.45, 7) is 4.29. The highest BCUT2D eigenvalue weighted by atomic mass is 19.4. The Labute approximate surface area is 215 Å². The van der Waals surface area contributed by atoms with Gasteiger partial charge in [-0.15, -0.1) is 0 Å². The maximum absolute atomic E-state index is 15.0. The van der Waals surface area contributed by atoms with Gasteiger partial charge in [0.1, 0.15) is 29.6 Å². The van der Waals surface area contributed by atoms with E-state index in [2.05, 4.69) is 20.6 Å². The minimum absolute atomic E-state index is 0.0619. The summed E-state index contributed by atoms with van der Waals surface area (Å²) in [6, 6.07) is 5.43. The number of nitrogens with one attached hydrogen (secondary N) is 3. The Bertz CT molecular complexity index is 1340. The van der Waals surface area contributed by atoms with Gasteiger partial charge in [0.25, 0.3) is 0 Å². The summed E-state index contributed by atoms with van der Waals surface area (Å²) in [5.41, 5.74) is 6.17. The lowest BCUT2D eigenvalue weighted by molar-refractivity contribution is -0.137. The number of carbonyl (C=O) groups excluding carboxylic acids is 1. The van der Waals surface area contributed by atoms with Crippen molar-refractivity contribution < 1.29 is 26.7 Å². The smallest absolute Gasteiger partial charge is 0.386 e. The number of amides is 1. The molecule has 0 radical (unpaired) electrons. The number of rotatable bonds is 6. The first kappa shape index (κ1) is 28.3. The third-order valence-electron chi connectivity index (χ3n) is 5.64. The van der Waals surface area contributed by atoms with Gasteiger partial charge in [-0.25, -0.2) is 18.7 Å². The van der Waals surface area contributed by atoms with Crippen LogP contribution >= 0.6 is 0 Å². The summed E-state index contributed by atoms with van der Waals surface area (Å²) in [4.78, 5) is 20.6. The molecule has 2 heterocycles. The Balaban J connectivity index is 0.000000260. The van der Waals surface area contributed by atoms with Crippen LogP contribution in [0.25, 0.3) is 0 Å². The van der Waals surface area contributed by atoms with Crippen molar-refractivity contribution in [1.29, 1.82) is 5.41 Å². The van der Waals surface area contributed by atoms with Crippen LogP contribution in [0, 0.1) is 17.0 Å². The number of benzene rings is 2. The maximum atomic E-state index is 15.0. The average Bonchev–Trinajstić information content (AvgIpc) is 3.28. The van der Waals surface area contributed by atoms with E-state index in [9.17, 15) is 26.7 Å². The van der Waals surface area contributed by atoms with Gasteiger partial charge in [0.05, 0.1) is 22.5 Å². The molecule has 5 N–H and O–H groups in total. The molecule has 1 amide bonds. The summed E-state index contributed by atoms with van der Waals surface area (Å²) < 4.78 is 63.9. The molecule has 3 aromatic rings. The zero-order valence-electron chi connectivity index (χ0n) is 20.8. The summed E-state index contributed by atoms with van der Waals surface area (Å²) in [5, 5.41) is 13.9. The van der Waals surface area contributed by atoms with Crippen LogP contribution in [0.1, 0.15) is 36.1 Å². The van der Waals surface area contributed by atoms with Crippen LogP contribution < -0.4 is 21.3 Å². The molecular weight excluding hydrogens is 509 g/mol. The molecular formula is C25H26F5N7O. The van der Waals surface area contributed by atoms with Crippen LogP contribution in [0.2, 0.25) is 0 Å². The topological polar surface area (TPSA) is 120 Å². The highest BCUT2D eigenvalue weighted by molar-refractivity contribution is 6.16. The first-order valence-electron chi connectivity index (χ1n) is 11.4. The number of halogens is 5. The molecule has 2 aromatic carbocycles. The number of nitrogen functional groups attached to an aromatic ring is 1. The molecule has 0 saturated carbocycles. The molecule has 1 aromatic heterocycles. The van der Waals surface area contributed by atoms with Gasteiger partial charge in [0.2, 0.25) is 6.41 Å². The molecule has 0 spiro atoms. The minimum Gasteiger partial charge on any atom is -0.386 e. The lowest BCUT2D eigenvalue weighted by Crippen LogP contribution is -2.19. The standard InChI is InChI=1S/C17H19FN6O.C8H7F4N/c1-9(2)23-17-13(16(20)21-7-22-17)15(19)11-3-4-12-10(14(11)18)5-6-24(12)8-25;1-13-7-4-5(8(10,11)12)2-3-6(7)9/h3-4,7-9,19H,5-6H2,1-2H3,(H3,20,21,22,23);2-4,13H,1H3. The van der Waals surface area contributed by atoms with Gasteiger partial charge in [0.15, 0.2) is 0 Å². The highest BCUT2D eigenvalue weighted by Gasteiger charge is 2.31. The van der Waals surface area contributed by atoms with Gasteiger partial charge >= 0.3 is 6.18 Å². The van der Waals surface area contributed by atoms with Crippen LogP contribution in [-0.4, -0.2) is 41.7 Å². The van der Waals surface area contributed by atoms with Gasteiger partial charge in [-0.3, -0.25) is 10.2 Å². The molecule has 4 rings (SSSR count). The number of nitrogens with two attached hydrogens (primary N) is 1. The molecule has 0 saturated heterocycles. The summed E-state index contributed by atoms with van der Waals surface area (Å²) in [6.07, 6.45) is -2.03. The number of fused-ring (bicyclic) bond motifs is 1. The van der Waals surface area contributed by atoms with Gasteiger partial charge in [-0.2, -0.15) is 13.2 Å². The molecule has 0 aliphatic carbocycles. The SMILES string of the molecule is CC(C)Nc1ncnc(N)c1C(=N)c1ccc2c(c1F)CCN2C=O.CNc1cc(C(F)(F)F)ccc1F.